The Bertz CT molecular complexity index is 973. The van der Waals surface area contributed by atoms with Crippen molar-refractivity contribution in [3.8, 4) is 5.75 Å². The molecule has 0 aliphatic carbocycles. The molecule has 0 bridgehead atoms. The second-order valence-electron chi connectivity index (χ2n) is 6.21. The van der Waals surface area contributed by atoms with Gasteiger partial charge in [0.2, 0.25) is 15.9 Å². The smallest absolute Gasteiger partial charge is 0.339 e. The van der Waals surface area contributed by atoms with Gasteiger partial charge in [-0.25, -0.2) is 13.2 Å². The lowest BCUT2D eigenvalue weighted by molar-refractivity contribution is -0.117. The largest absolute Gasteiger partial charge is 0.497 e. The third-order valence-electron chi connectivity index (χ3n) is 4.25. The fourth-order valence-corrected chi connectivity index (χ4v) is 4.10. The second kappa shape index (κ2) is 9.42. The van der Waals surface area contributed by atoms with Gasteiger partial charge >= 0.3 is 5.97 Å². The van der Waals surface area contributed by atoms with Crippen LogP contribution in [0.1, 0.15) is 23.7 Å². The van der Waals surface area contributed by atoms with Gasteiger partial charge in [-0.2, -0.15) is 0 Å². The molecule has 156 valence electrons. The number of hydrogen-bond acceptors (Lipinski definition) is 6. The van der Waals surface area contributed by atoms with Crippen LogP contribution in [0, 0.1) is 0 Å². The van der Waals surface area contributed by atoms with Crippen molar-refractivity contribution in [2.75, 3.05) is 30.1 Å². The maximum Gasteiger partial charge on any atom is 0.339 e. The van der Waals surface area contributed by atoms with Crippen LogP contribution < -0.4 is 14.4 Å². The SMILES string of the molecule is CC[C@@H](C(=O)Nc1ccccc1C(=O)OC)N(c1ccc(OC)cc1)S(C)(=O)=O. The van der Waals surface area contributed by atoms with Crippen molar-refractivity contribution < 1.29 is 27.5 Å². The molecule has 2 aromatic carbocycles. The van der Waals surface area contributed by atoms with Gasteiger partial charge in [0, 0.05) is 0 Å². The van der Waals surface area contributed by atoms with E-state index in [1.807, 2.05) is 0 Å². The summed E-state index contributed by atoms with van der Waals surface area (Å²) in [5.41, 5.74) is 0.746. The Morgan fingerprint density at radius 1 is 1.07 bits per heavy atom. The fourth-order valence-electron chi connectivity index (χ4n) is 2.89. The van der Waals surface area contributed by atoms with Crippen LogP contribution in [0.25, 0.3) is 0 Å². The van der Waals surface area contributed by atoms with Crippen molar-refractivity contribution in [3.63, 3.8) is 0 Å². The number of nitrogens with zero attached hydrogens (tertiary/aromatic N) is 1. The number of sulfonamides is 1. The molecule has 9 heteroatoms. The predicted molar refractivity (Wildman–Crippen MR) is 111 cm³/mol. The van der Waals surface area contributed by atoms with E-state index >= 15 is 0 Å². The zero-order valence-corrected chi connectivity index (χ0v) is 17.5. The van der Waals surface area contributed by atoms with E-state index in [2.05, 4.69) is 5.32 Å². The molecule has 0 radical (unpaired) electrons. The number of methoxy groups -OCH3 is 2. The maximum atomic E-state index is 13.0. The molecule has 0 saturated carbocycles. The van der Waals surface area contributed by atoms with Crippen LogP contribution in [-0.2, 0) is 19.6 Å². The Kier molecular flexibility index (Phi) is 7.22. The summed E-state index contributed by atoms with van der Waals surface area (Å²) in [5.74, 6) is -0.610. The lowest BCUT2D eigenvalue weighted by Gasteiger charge is -2.30. The van der Waals surface area contributed by atoms with Crippen molar-refractivity contribution >= 4 is 33.3 Å². The van der Waals surface area contributed by atoms with Crippen LogP contribution in [-0.4, -0.2) is 46.8 Å². The number of carbonyl (C=O) groups is 2. The molecule has 29 heavy (non-hydrogen) atoms. The quantitative estimate of drug-likeness (QED) is 0.659. The molecule has 0 aliphatic heterocycles. The molecule has 1 amide bonds. The highest BCUT2D eigenvalue weighted by Crippen LogP contribution is 2.26. The number of nitrogens with one attached hydrogen (secondary N) is 1. The van der Waals surface area contributed by atoms with Crippen LogP contribution in [0.4, 0.5) is 11.4 Å². The summed E-state index contributed by atoms with van der Waals surface area (Å²) in [6.45, 7) is 1.71. The molecule has 0 fully saturated rings. The summed E-state index contributed by atoms with van der Waals surface area (Å²) >= 11 is 0. The Morgan fingerprint density at radius 3 is 2.21 bits per heavy atom. The third-order valence-corrected chi connectivity index (χ3v) is 5.43. The minimum Gasteiger partial charge on any atom is -0.497 e. The first-order chi connectivity index (χ1) is 13.7. The number of carbonyl (C=O) groups excluding carboxylic acids is 2. The minimum atomic E-state index is -3.78. The zero-order chi connectivity index (χ0) is 21.6. The van der Waals surface area contributed by atoms with Gasteiger partial charge in [0.25, 0.3) is 0 Å². The Hall–Kier alpha value is -3.07. The maximum absolute atomic E-state index is 13.0. The van der Waals surface area contributed by atoms with E-state index in [0.29, 0.717) is 11.4 Å². The molecular formula is C20H24N2O6S. The summed E-state index contributed by atoms with van der Waals surface area (Å²) in [5, 5.41) is 2.65. The summed E-state index contributed by atoms with van der Waals surface area (Å²) in [6.07, 6.45) is 1.25. The molecule has 0 aliphatic rings. The molecule has 8 nitrogen and oxygen atoms in total. The highest BCUT2D eigenvalue weighted by molar-refractivity contribution is 7.92. The number of ether oxygens (including phenoxy) is 2. The van der Waals surface area contributed by atoms with Crippen molar-refractivity contribution in [1.82, 2.24) is 0 Å². The van der Waals surface area contributed by atoms with E-state index in [4.69, 9.17) is 9.47 Å². The van der Waals surface area contributed by atoms with Crippen LogP contribution in [0.15, 0.2) is 48.5 Å². The molecule has 2 aromatic rings. The van der Waals surface area contributed by atoms with Gasteiger partial charge in [-0.15, -0.1) is 0 Å². The van der Waals surface area contributed by atoms with Gasteiger partial charge in [-0.1, -0.05) is 19.1 Å². The molecule has 2 rings (SSSR count). The van der Waals surface area contributed by atoms with Gasteiger partial charge in [-0.05, 0) is 42.8 Å². The Balaban J connectivity index is 2.40. The van der Waals surface area contributed by atoms with Crippen LogP contribution in [0.5, 0.6) is 5.75 Å². The molecule has 1 atom stereocenters. The zero-order valence-electron chi connectivity index (χ0n) is 16.7. The van der Waals surface area contributed by atoms with Gasteiger partial charge in [0.1, 0.15) is 11.8 Å². The summed E-state index contributed by atoms with van der Waals surface area (Å²) < 4.78 is 35.9. The number of amides is 1. The highest BCUT2D eigenvalue weighted by Gasteiger charge is 2.32. The summed E-state index contributed by atoms with van der Waals surface area (Å²) in [4.78, 5) is 24.9. The van der Waals surface area contributed by atoms with Crippen molar-refractivity contribution in [3.05, 3.63) is 54.1 Å². The fraction of sp³-hybridized carbons (Fsp3) is 0.300. The lowest BCUT2D eigenvalue weighted by atomic mass is 10.1. The van der Waals surface area contributed by atoms with E-state index in [0.717, 1.165) is 10.6 Å². The Labute approximate surface area is 170 Å². The number of para-hydroxylation sites is 1. The molecule has 0 aromatic heterocycles. The van der Waals surface area contributed by atoms with Crippen molar-refractivity contribution in [2.24, 2.45) is 0 Å². The third kappa shape index (κ3) is 5.26. The van der Waals surface area contributed by atoms with Gasteiger partial charge in [-0.3, -0.25) is 9.10 Å². The molecule has 0 spiro atoms. The number of benzene rings is 2. The molecule has 0 heterocycles. The lowest BCUT2D eigenvalue weighted by Crippen LogP contribution is -2.47. The molecule has 0 unspecified atom stereocenters. The highest BCUT2D eigenvalue weighted by atomic mass is 32.2. The second-order valence-corrected chi connectivity index (χ2v) is 8.07. The molecule has 1 N–H and O–H groups in total. The van der Waals surface area contributed by atoms with E-state index < -0.39 is 27.9 Å². The average molecular weight is 420 g/mol. The van der Waals surface area contributed by atoms with E-state index in [9.17, 15) is 18.0 Å². The first kappa shape index (κ1) is 22.2. The normalized spacial score (nSPS) is 12.0. The summed E-state index contributed by atoms with van der Waals surface area (Å²) in [6, 6.07) is 11.7. The van der Waals surface area contributed by atoms with E-state index in [1.165, 1.54) is 20.3 Å². The topological polar surface area (TPSA) is 102 Å². The van der Waals surface area contributed by atoms with Crippen LogP contribution in [0.3, 0.4) is 0 Å². The van der Waals surface area contributed by atoms with Crippen LogP contribution >= 0.6 is 0 Å². The van der Waals surface area contributed by atoms with Gasteiger partial charge in [0.05, 0.1) is 37.4 Å². The first-order valence-corrected chi connectivity index (χ1v) is 10.7. The van der Waals surface area contributed by atoms with E-state index in [-0.39, 0.29) is 17.7 Å². The van der Waals surface area contributed by atoms with E-state index in [1.54, 1.807) is 49.4 Å². The minimum absolute atomic E-state index is 0.175. The number of rotatable bonds is 8. The number of anilines is 2. The first-order valence-electron chi connectivity index (χ1n) is 8.84. The molecule has 0 saturated heterocycles. The summed E-state index contributed by atoms with van der Waals surface area (Å²) in [7, 11) is -1.03. The van der Waals surface area contributed by atoms with Gasteiger partial charge in [0.15, 0.2) is 0 Å². The number of hydrogen-bond donors (Lipinski definition) is 1. The predicted octanol–water partition coefficient (Wildman–Crippen LogP) is 2.67. The average Bonchev–Trinajstić information content (AvgIpc) is 2.70. The standard InChI is InChI=1S/C20H24N2O6S/c1-5-18(19(23)21-17-9-7-6-8-16(17)20(24)28-3)22(29(4,25)26)14-10-12-15(27-2)13-11-14/h6-13,18H,5H2,1-4H3,(H,21,23)/t18-/m0/s1. The van der Waals surface area contributed by atoms with Crippen molar-refractivity contribution in [1.29, 1.82) is 0 Å². The molecular weight excluding hydrogens is 396 g/mol. The monoisotopic (exact) mass is 420 g/mol. The Morgan fingerprint density at radius 2 is 1.69 bits per heavy atom. The van der Waals surface area contributed by atoms with Crippen LogP contribution in [0.2, 0.25) is 0 Å². The van der Waals surface area contributed by atoms with Gasteiger partial charge < -0.3 is 14.8 Å². The number of esters is 1. The van der Waals surface area contributed by atoms with Crippen molar-refractivity contribution in [2.45, 2.75) is 19.4 Å².